The van der Waals surface area contributed by atoms with Crippen LogP contribution in [-0.4, -0.2) is 12.2 Å². The van der Waals surface area contributed by atoms with Gasteiger partial charge in [-0.1, -0.05) is 0 Å². The molecule has 1 aromatic rings. The van der Waals surface area contributed by atoms with E-state index in [2.05, 4.69) is 17.5 Å². The molecule has 0 bridgehead atoms. The average molecular weight is 250 g/mol. The summed E-state index contributed by atoms with van der Waals surface area (Å²) in [4.78, 5) is 0. The third-order valence-electron chi connectivity index (χ3n) is 1.79. The lowest BCUT2D eigenvalue weighted by Crippen LogP contribution is -2.21. The number of methoxy groups -OCH3 is 1. The van der Waals surface area contributed by atoms with Crippen LogP contribution in [0.2, 0.25) is 0 Å². The van der Waals surface area contributed by atoms with Gasteiger partial charge >= 0.3 is 6.18 Å². The molecule has 0 saturated carbocycles. The van der Waals surface area contributed by atoms with Crippen LogP contribution in [-0.2, 0) is 6.18 Å². The molecule has 0 radical (unpaired) electrons. The highest BCUT2D eigenvalue weighted by molar-refractivity contribution is 7.80. The van der Waals surface area contributed by atoms with Crippen LogP contribution in [0.25, 0.3) is 0 Å². The van der Waals surface area contributed by atoms with Gasteiger partial charge in [0.2, 0.25) is 0 Å². The Balaban J connectivity index is 3.22. The highest BCUT2D eigenvalue weighted by atomic mass is 32.1. The van der Waals surface area contributed by atoms with Crippen molar-refractivity contribution in [3.8, 4) is 5.75 Å². The van der Waals surface area contributed by atoms with Gasteiger partial charge in [-0.3, -0.25) is 0 Å². The molecular formula is C9H9F3N2OS. The minimum Gasteiger partial charge on any atom is -0.497 e. The summed E-state index contributed by atoms with van der Waals surface area (Å²) in [6.07, 6.45) is -4.50. The Morgan fingerprint density at radius 1 is 1.44 bits per heavy atom. The molecule has 0 aliphatic carbocycles. The molecule has 7 heteroatoms. The number of ether oxygens (including phenoxy) is 1. The Morgan fingerprint density at radius 2 is 2.06 bits per heavy atom. The molecule has 3 N–H and O–H groups in total. The van der Waals surface area contributed by atoms with Crippen LogP contribution in [0.15, 0.2) is 18.2 Å². The number of nitrogens with two attached hydrogens (primary N) is 1. The number of alkyl halides is 3. The van der Waals surface area contributed by atoms with E-state index in [9.17, 15) is 13.2 Å². The van der Waals surface area contributed by atoms with Gasteiger partial charge in [-0.05, 0) is 30.4 Å². The van der Waals surface area contributed by atoms with Gasteiger partial charge in [-0.25, -0.2) is 0 Å². The Kier molecular flexibility index (Phi) is 3.58. The fourth-order valence-electron chi connectivity index (χ4n) is 1.13. The summed E-state index contributed by atoms with van der Waals surface area (Å²) in [6.45, 7) is 0. The largest absolute Gasteiger partial charge is 0.497 e. The average Bonchev–Trinajstić information content (AvgIpc) is 2.15. The quantitative estimate of drug-likeness (QED) is 0.791. The van der Waals surface area contributed by atoms with E-state index in [4.69, 9.17) is 10.5 Å². The van der Waals surface area contributed by atoms with E-state index in [0.717, 1.165) is 6.07 Å². The van der Waals surface area contributed by atoms with Crippen molar-refractivity contribution in [3.05, 3.63) is 23.8 Å². The number of rotatable bonds is 2. The number of hydrogen-bond donors (Lipinski definition) is 2. The highest BCUT2D eigenvalue weighted by Gasteiger charge is 2.34. The standard InChI is InChI=1S/C9H9F3N2OS/c1-15-5-2-3-7(14-8(13)16)6(4-5)9(10,11)12/h2-4H,1H3,(H3,13,14,16). The van der Waals surface area contributed by atoms with Gasteiger partial charge in [0.25, 0.3) is 0 Å². The maximum absolute atomic E-state index is 12.6. The van der Waals surface area contributed by atoms with Gasteiger partial charge in [-0.2, -0.15) is 13.2 Å². The van der Waals surface area contributed by atoms with Crippen molar-refractivity contribution in [1.82, 2.24) is 0 Å². The fraction of sp³-hybridized carbons (Fsp3) is 0.222. The molecule has 0 aromatic heterocycles. The minimum atomic E-state index is -4.50. The molecule has 0 saturated heterocycles. The zero-order valence-corrected chi connectivity index (χ0v) is 9.08. The predicted molar refractivity (Wildman–Crippen MR) is 58.4 cm³/mol. The second-order valence-corrected chi connectivity index (χ2v) is 3.34. The van der Waals surface area contributed by atoms with Crippen LogP contribution in [0.1, 0.15) is 5.56 Å². The zero-order chi connectivity index (χ0) is 12.3. The van der Waals surface area contributed by atoms with Gasteiger partial charge in [-0.15, -0.1) is 0 Å². The maximum atomic E-state index is 12.6. The Labute approximate surface area is 95.4 Å². The smallest absolute Gasteiger partial charge is 0.418 e. The first-order chi connectivity index (χ1) is 7.34. The summed E-state index contributed by atoms with van der Waals surface area (Å²) in [5, 5.41) is 2.04. The maximum Gasteiger partial charge on any atom is 0.418 e. The van der Waals surface area contributed by atoms with E-state index in [1.165, 1.54) is 19.2 Å². The highest BCUT2D eigenvalue weighted by Crippen LogP contribution is 2.36. The number of nitrogens with one attached hydrogen (secondary N) is 1. The molecule has 1 aromatic carbocycles. The molecule has 0 fully saturated rings. The third-order valence-corrected chi connectivity index (χ3v) is 1.89. The molecule has 0 spiro atoms. The zero-order valence-electron chi connectivity index (χ0n) is 8.26. The van der Waals surface area contributed by atoms with Crippen molar-refractivity contribution >= 4 is 23.0 Å². The molecular weight excluding hydrogens is 241 g/mol. The second-order valence-electron chi connectivity index (χ2n) is 2.90. The lowest BCUT2D eigenvalue weighted by molar-refractivity contribution is -0.137. The van der Waals surface area contributed by atoms with Crippen LogP contribution >= 0.6 is 12.2 Å². The molecule has 0 unspecified atom stereocenters. The van der Waals surface area contributed by atoms with Gasteiger partial charge in [0.15, 0.2) is 5.11 Å². The monoisotopic (exact) mass is 250 g/mol. The third kappa shape index (κ3) is 2.99. The van der Waals surface area contributed by atoms with Gasteiger partial charge in [0.05, 0.1) is 18.4 Å². The molecule has 88 valence electrons. The van der Waals surface area contributed by atoms with Crippen molar-refractivity contribution in [2.45, 2.75) is 6.18 Å². The van der Waals surface area contributed by atoms with Crippen molar-refractivity contribution in [2.24, 2.45) is 5.73 Å². The molecule has 16 heavy (non-hydrogen) atoms. The van der Waals surface area contributed by atoms with E-state index in [1.54, 1.807) is 0 Å². The normalized spacial score (nSPS) is 11.0. The summed E-state index contributed by atoms with van der Waals surface area (Å²) in [7, 11) is 1.29. The Morgan fingerprint density at radius 3 is 2.50 bits per heavy atom. The molecule has 0 aliphatic heterocycles. The van der Waals surface area contributed by atoms with E-state index in [-0.39, 0.29) is 16.5 Å². The van der Waals surface area contributed by atoms with E-state index in [0.29, 0.717) is 0 Å². The van der Waals surface area contributed by atoms with E-state index >= 15 is 0 Å². The summed E-state index contributed by atoms with van der Waals surface area (Å²) in [6, 6.07) is 3.47. The number of hydrogen-bond acceptors (Lipinski definition) is 2. The molecule has 0 aliphatic rings. The van der Waals surface area contributed by atoms with Crippen LogP contribution in [0.5, 0.6) is 5.75 Å². The summed E-state index contributed by atoms with van der Waals surface area (Å²) in [5.74, 6) is 0.112. The lowest BCUT2D eigenvalue weighted by atomic mass is 10.1. The van der Waals surface area contributed by atoms with Gasteiger partial charge in [0, 0.05) is 0 Å². The molecule has 0 heterocycles. The molecule has 0 amide bonds. The van der Waals surface area contributed by atoms with Crippen LogP contribution < -0.4 is 15.8 Å². The number of benzene rings is 1. The Bertz CT molecular complexity index is 406. The van der Waals surface area contributed by atoms with Crippen LogP contribution in [0, 0.1) is 0 Å². The number of halogens is 3. The second kappa shape index (κ2) is 4.56. The minimum absolute atomic E-state index is 0.112. The number of anilines is 1. The predicted octanol–water partition coefficient (Wildman–Crippen LogP) is 2.37. The summed E-state index contributed by atoms with van der Waals surface area (Å²) in [5.41, 5.74) is 4.06. The number of thiocarbonyl (C=S) groups is 1. The van der Waals surface area contributed by atoms with Crippen molar-refractivity contribution in [3.63, 3.8) is 0 Å². The first-order valence-corrected chi connectivity index (χ1v) is 4.57. The first kappa shape index (κ1) is 12.6. The van der Waals surface area contributed by atoms with Crippen molar-refractivity contribution in [2.75, 3.05) is 12.4 Å². The summed E-state index contributed by atoms with van der Waals surface area (Å²) < 4.78 is 42.6. The fourth-order valence-corrected chi connectivity index (χ4v) is 1.24. The van der Waals surface area contributed by atoms with Crippen molar-refractivity contribution in [1.29, 1.82) is 0 Å². The molecule has 3 nitrogen and oxygen atoms in total. The molecule has 0 atom stereocenters. The van der Waals surface area contributed by atoms with E-state index in [1.807, 2.05) is 0 Å². The first-order valence-electron chi connectivity index (χ1n) is 4.16. The SMILES string of the molecule is COc1ccc(NC(N)=S)c(C(F)(F)F)c1. The molecule has 1 rings (SSSR count). The van der Waals surface area contributed by atoms with Crippen LogP contribution in [0.3, 0.4) is 0 Å². The van der Waals surface area contributed by atoms with E-state index < -0.39 is 11.7 Å². The van der Waals surface area contributed by atoms with Crippen LogP contribution in [0.4, 0.5) is 18.9 Å². The Hall–Kier alpha value is -1.50. The topological polar surface area (TPSA) is 47.3 Å². The van der Waals surface area contributed by atoms with Crippen molar-refractivity contribution < 1.29 is 17.9 Å². The lowest BCUT2D eigenvalue weighted by Gasteiger charge is -2.14. The van der Waals surface area contributed by atoms with Gasteiger partial charge in [0.1, 0.15) is 5.75 Å². The van der Waals surface area contributed by atoms with Gasteiger partial charge < -0.3 is 15.8 Å². The summed E-state index contributed by atoms with van der Waals surface area (Å²) >= 11 is 4.49.